The minimum absolute atomic E-state index is 0.275. The number of hydrogen-bond acceptors (Lipinski definition) is 4. The van der Waals surface area contributed by atoms with Crippen LogP contribution in [0, 0.1) is 24.1 Å². The Balaban J connectivity index is 1.61. The molecule has 1 fully saturated rings. The highest BCUT2D eigenvalue weighted by Gasteiger charge is 2.31. The van der Waals surface area contributed by atoms with Crippen LogP contribution in [0.25, 0.3) is 11.4 Å². The van der Waals surface area contributed by atoms with Crippen LogP contribution >= 0.6 is 11.8 Å². The standard InChI is InChI=1S/C21H19FN4S/c1-14-6-8-15(9-7-14)12-17(13-23)27-21-25-24-20(26(21)16-10-11-16)18-4-2-3-5-19(18)22/h2-9,16-17H,10-12H2,1H3/t17-/m0/s1. The van der Waals surface area contributed by atoms with Gasteiger partial charge in [0.15, 0.2) is 11.0 Å². The normalized spacial score (nSPS) is 14.7. The number of thioether (sulfide) groups is 1. The molecule has 1 heterocycles. The lowest BCUT2D eigenvalue weighted by molar-refractivity contribution is 0.622. The average molecular weight is 378 g/mol. The average Bonchev–Trinajstić information content (AvgIpc) is 3.44. The molecule has 1 saturated carbocycles. The number of benzene rings is 2. The van der Waals surface area contributed by atoms with Gasteiger partial charge < -0.3 is 0 Å². The number of aromatic nitrogens is 3. The van der Waals surface area contributed by atoms with Crippen molar-refractivity contribution in [2.24, 2.45) is 0 Å². The van der Waals surface area contributed by atoms with E-state index in [0.29, 0.717) is 23.0 Å². The summed E-state index contributed by atoms with van der Waals surface area (Å²) in [5, 5.41) is 18.6. The van der Waals surface area contributed by atoms with E-state index in [1.54, 1.807) is 18.2 Å². The van der Waals surface area contributed by atoms with Gasteiger partial charge in [0.05, 0.1) is 11.6 Å². The third kappa shape index (κ3) is 3.88. The second-order valence-electron chi connectivity index (χ2n) is 6.81. The molecular formula is C21H19FN4S. The fraction of sp³-hybridized carbons (Fsp3) is 0.286. The minimum atomic E-state index is -0.306. The van der Waals surface area contributed by atoms with Crippen LogP contribution in [0.15, 0.2) is 53.7 Å². The fourth-order valence-electron chi connectivity index (χ4n) is 3.02. The van der Waals surface area contributed by atoms with E-state index < -0.39 is 0 Å². The highest BCUT2D eigenvalue weighted by atomic mass is 32.2. The summed E-state index contributed by atoms with van der Waals surface area (Å²) < 4.78 is 16.3. The van der Waals surface area contributed by atoms with Crippen LogP contribution < -0.4 is 0 Å². The van der Waals surface area contributed by atoms with Gasteiger partial charge >= 0.3 is 0 Å². The molecule has 0 N–H and O–H groups in total. The third-order valence-electron chi connectivity index (χ3n) is 4.62. The summed E-state index contributed by atoms with van der Waals surface area (Å²) in [6.07, 6.45) is 2.69. The summed E-state index contributed by atoms with van der Waals surface area (Å²) in [5.74, 6) is 0.241. The third-order valence-corrected chi connectivity index (χ3v) is 5.67. The molecule has 0 unspecified atom stereocenters. The maximum atomic E-state index is 14.3. The monoisotopic (exact) mass is 378 g/mol. The van der Waals surface area contributed by atoms with Crippen LogP contribution in [-0.2, 0) is 6.42 Å². The minimum Gasteiger partial charge on any atom is -0.299 e. The second-order valence-corrected chi connectivity index (χ2v) is 7.98. The molecule has 27 heavy (non-hydrogen) atoms. The molecule has 1 atom stereocenters. The molecule has 4 nitrogen and oxygen atoms in total. The van der Waals surface area contributed by atoms with E-state index in [-0.39, 0.29) is 17.1 Å². The summed E-state index contributed by atoms with van der Waals surface area (Å²) >= 11 is 1.41. The zero-order valence-corrected chi connectivity index (χ0v) is 15.8. The predicted octanol–water partition coefficient (Wildman–Crippen LogP) is 4.95. The molecular weight excluding hydrogens is 359 g/mol. The summed E-state index contributed by atoms with van der Waals surface area (Å²) in [4.78, 5) is 0. The molecule has 2 aromatic carbocycles. The lowest BCUT2D eigenvalue weighted by Crippen LogP contribution is -2.07. The van der Waals surface area contributed by atoms with E-state index in [9.17, 15) is 9.65 Å². The number of rotatable bonds is 6. The van der Waals surface area contributed by atoms with Crippen molar-refractivity contribution in [2.75, 3.05) is 0 Å². The van der Waals surface area contributed by atoms with Crippen LogP contribution in [0.5, 0.6) is 0 Å². The molecule has 3 aromatic rings. The molecule has 0 amide bonds. The van der Waals surface area contributed by atoms with Gasteiger partial charge in [0, 0.05) is 6.04 Å². The quantitative estimate of drug-likeness (QED) is 0.569. The van der Waals surface area contributed by atoms with E-state index in [4.69, 9.17) is 0 Å². The number of aryl methyl sites for hydroxylation is 1. The Morgan fingerprint density at radius 3 is 2.59 bits per heavy atom. The molecule has 0 spiro atoms. The lowest BCUT2D eigenvalue weighted by Gasteiger charge is -2.12. The van der Waals surface area contributed by atoms with Crippen LogP contribution in [0.4, 0.5) is 4.39 Å². The van der Waals surface area contributed by atoms with Crippen molar-refractivity contribution >= 4 is 11.8 Å². The summed E-state index contributed by atoms with van der Waals surface area (Å²) in [5.41, 5.74) is 2.77. The molecule has 0 aliphatic heterocycles. The lowest BCUT2D eigenvalue weighted by atomic mass is 10.1. The van der Waals surface area contributed by atoms with Gasteiger partial charge in [-0.15, -0.1) is 10.2 Å². The van der Waals surface area contributed by atoms with Crippen molar-refractivity contribution in [1.29, 1.82) is 5.26 Å². The zero-order chi connectivity index (χ0) is 18.8. The Kier molecular flexibility index (Phi) is 4.95. The van der Waals surface area contributed by atoms with Crippen LogP contribution in [-0.4, -0.2) is 20.0 Å². The van der Waals surface area contributed by atoms with Crippen LogP contribution in [0.3, 0.4) is 0 Å². The van der Waals surface area contributed by atoms with Crippen molar-refractivity contribution in [3.63, 3.8) is 0 Å². The van der Waals surface area contributed by atoms with Gasteiger partial charge in [-0.3, -0.25) is 4.57 Å². The summed E-state index contributed by atoms with van der Waals surface area (Å²) in [7, 11) is 0. The highest BCUT2D eigenvalue weighted by molar-refractivity contribution is 8.00. The van der Waals surface area contributed by atoms with Gasteiger partial charge in [0.2, 0.25) is 0 Å². The topological polar surface area (TPSA) is 54.5 Å². The van der Waals surface area contributed by atoms with E-state index in [1.165, 1.54) is 23.4 Å². The van der Waals surface area contributed by atoms with Crippen molar-refractivity contribution in [2.45, 2.75) is 42.6 Å². The Labute approximate surface area is 162 Å². The number of nitriles is 1. The maximum absolute atomic E-state index is 14.3. The largest absolute Gasteiger partial charge is 0.299 e. The second kappa shape index (κ2) is 7.53. The van der Waals surface area contributed by atoms with Crippen molar-refractivity contribution in [3.8, 4) is 17.5 Å². The van der Waals surface area contributed by atoms with E-state index >= 15 is 0 Å². The van der Waals surface area contributed by atoms with E-state index in [0.717, 1.165) is 18.4 Å². The molecule has 136 valence electrons. The number of halogens is 1. The molecule has 1 aliphatic carbocycles. The number of nitrogens with zero attached hydrogens (tertiary/aromatic N) is 4. The molecule has 0 saturated heterocycles. The van der Waals surface area contributed by atoms with Crippen LogP contribution in [0.2, 0.25) is 0 Å². The van der Waals surface area contributed by atoms with E-state index in [1.807, 2.05) is 11.5 Å². The van der Waals surface area contributed by atoms with Crippen molar-refractivity contribution in [1.82, 2.24) is 14.8 Å². The Bertz CT molecular complexity index is 986. The first-order valence-electron chi connectivity index (χ1n) is 8.97. The number of hydrogen-bond donors (Lipinski definition) is 0. The highest BCUT2D eigenvalue weighted by Crippen LogP contribution is 2.42. The van der Waals surface area contributed by atoms with Gasteiger partial charge in [-0.05, 0) is 43.9 Å². The Hall–Kier alpha value is -2.65. The van der Waals surface area contributed by atoms with Crippen molar-refractivity contribution < 1.29 is 4.39 Å². The van der Waals surface area contributed by atoms with Gasteiger partial charge in [0.25, 0.3) is 0 Å². The Morgan fingerprint density at radius 1 is 1.19 bits per heavy atom. The first-order valence-corrected chi connectivity index (χ1v) is 9.85. The van der Waals surface area contributed by atoms with E-state index in [2.05, 4.69) is 40.5 Å². The molecule has 1 aliphatic rings. The molecule has 1 aromatic heterocycles. The molecule has 0 bridgehead atoms. The van der Waals surface area contributed by atoms with Gasteiger partial charge in [-0.1, -0.05) is 53.7 Å². The first kappa shape index (κ1) is 17.7. The molecule has 6 heteroatoms. The molecule has 4 rings (SSSR count). The van der Waals surface area contributed by atoms with Gasteiger partial charge in [0.1, 0.15) is 11.1 Å². The SMILES string of the molecule is Cc1ccc(C[C@@H](C#N)Sc2nnc(-c3ccccc3F)n2C2CC2)cc1. The fourth-order valence-corrected chi connectivity index (χ4v) is 4.04. The first-order chi connectivity index (χ1) is 13.2. The van der Waals surface area contributed by atoms with Crippen molar-refractivity contribution in [3.05, 3.63) is 65.5 Å². The zero-order valence-electron chi connectivity index (χ0n) is 15.0. The summed E-state index contributed by atoms with van der Waals surface area (Å²) in [6, 6.07) is 17.5. The molecule has 0 radical (unpaired) electrons. The summed E-state index contributed by atoms with van der Waals surface area (Å²) in [6.45, 7) is 2.04. The van der Waals surface area contributed by atoms with Gasteiger partial charge in [-0.2, -0.15) is 5.26 Å². The smallest absolute Gasteiger partial charge is 0.193 e. The predicted molar refractivity (Wildman–Crippen MR) is 104 cm³/mol. The maximum Gasteiger partial charge on any atom is 0.193 e. The van der Waals surface area contributed by atoms with Gasteiger partial charge in [-0.25, -0.2) is 4.39 Å². The van der Waals surface area contributed by atoms with Crippen LogP contribution in [0.1, 0.15) is 30.0 Å². The Morgan fingerprint density at radius 2 is 1.93 bits per heavy atom.